The predicted molar refractivity (Wildman–Crippen MR) is 151 cm³/mol. The Morgan fingerprint density at radius 3 is 2.36 bits per heavy atom. The molecule has 4 saturated carbocycles. The lowest BCUT2D eigenvalue weighted by Crippen LogP contribution is -2.48. The molecule has 0 aromatic heterocycles. The van der Waals surface area contributed by atoms with Gasteiger partial charge in [0, 0.05) is 44.2 Å². The summed E-state index contributed by atoms with van der Waals surface area (Å²) in [4.78, 5) is 27.4. The zero-order valence-corrected chi connectivity index (χ0v) is 22.8. The summed E-state index contributed by atoms with van der Waals surface area (Å²) < 4.78 is 11.1. The van der Waals surface area contributed by atoms with E-state index in [4.69, 9.17) is 9.47 Å². The van der Waals surface area contributed by atoms with Crippen LogP contribution in [0.3, 0.4) is 0 Å². The number of ketones is 1. The molecule has 1 saturated heterocycles. The molecular weight excluding hydrogens is 488 g/mol. The van der Waals surface area contributed by atoms with Gasteiger partial charge in [-0.25, -0.2) is 0 Å². The molecule has 0 atom stereocenters. The van der Waals surface area contributed by atoms with E-state index in [9.17, 15) is 9.59 Å². The smallest absolute Gasteiger partial charge is 0.251 e. The quantitative estimate of drug-likeness (QED) is 0.350. The molecule has 7 rings (SSSR count). The maximum Gasteiger partial charge on any atom is 0.251 e. The Bertz CT molecular complexity index is 1160. The molecule has 39 heavy (non-hydrogen) atoms. The summed E-state index contributed by atoms with van der Waals surface area (Å²) >= 11 is 0. The SMILES string of the molecule is O=C(/C=C/Oc1ccc(C23CC4CC(CC(C4)C2)C3)cc1)Cc1cccc(C(=O)NCCN2CCOCC2)c1. The molecule has 1 amide bonds. The number of amides is 1. The van der Waals surface area contributed by atoms with E-state index < -0.39 is 0 Å². The maximum absolute atomic E-state index is 12.6. The van der Waals surface area contributed by atoms with Gasteiger partial charge in [-0.3, -0.25) is 14.5 Å². The van der Waals surface area contributed by atoms with E-state index in [2.05, 4.69) is 22.3 Å². The van der Waals surface area contributed by atoms with E-state index in [1.54, 1.807) is 12.1 Å². The Morgan fingerprint density at radius 1 is 0.974 bits per heavy atom. The van der Waals surface area contributed by atoms with Crippen molar-refractivity contribution in [1.82, 2.24) is 10.2 Å². The molecule has 6 heteroatoms. The summed E-state index contributed by atoms with van der Waals surface area (Å²) in [5.41, 5.74) is 3.24. The van der Waals surface area contributed by atoms with Gasteiger partial charge < -0.3 is 14.8 Å². The van der Waals surface area contributed by atoms with Crippen LogP contribution < -0.4 is 10.1 Å². The normalized spacial score (nSPS) is 28.1. The van der Waals surface area contributed by atoms with Crippen molar-refractivity contribution in [3.8, 4) is 5.75 Å². The van der Waals surface area contributed by atoms with Gasteiger partial charge in [0.2, 0.25) is 0 Å². The van der Waals surface area contributed by atoms with Crippen molar-refractivity contribution in [3.63, 3.8) is 0 Å². The minimum Gasteiger partial charge on any atom is -0.465 e. The van der Waals surface area contributed by atoms with E-state index in [0.717, 1.165) is 61.9 Å². The van der Waals surface area contributed by atoms with E-state index in [1.165, 1.54) is 56.4 Å². The summed E-state index contributed by atoms with van der Waals surface area (Å²) in [7, 11) is 0. The third kappa shape index (κ3) is 6.28. The van der Waals surface area contributed by atoms with Crippen molar-refractivity contribution in [2.24, 2.45) is 17.8 Å². The number of benzene rings is 2. The average Bonchev–Trinajstić information content (AvgIpc) is 2.93. The highest BCUT2D eigenvalue weighted by Crippen LogP contribution is 2.60. The fraction of sp³-hybridized carbons (Fsp3) is 0.515. The summed E-state index contributed by atoms with van der Waals surface area (Å²) in [6, 6.07) is 15.9. The number of carbonyl (C=O) groups is 2. The first-order valence-electron chi connectivity index (χ1n) is 14.7. The molecule has 6 nitrogen and oxygen atoms in total. The fourth-order valence-electron chi connectivity index (χ4n) is 7.88. The van der Waals surface area contributed by atoms with Crippen molar-refractivity contribution < 1.29 is 19.1 Å². The number of nitrogens with one attached hydrogen (secondary N) is 1. The van der Waals surface area contributed by atoms with Crippen LogP contribution in [-0.2, 0) is 21.4 Å². The lowest BCUT2D eigenvalue weighted by Gasteiger charge is -2.57. The number of nitrogens with zero attached hydrogens (tertiary/aromatic N) is 1. The van der Waals surface area contributed by atoms with Crippen molar-refractivity contribution in [2.75, 3.05) is 39.4 Å². The van der Waals surface area contributed by atoms with E-state index in [0.29, 0.717) is 17.5 Å². The second-order valence-electron chi connectivity index (χ2n) is 12.2. The Hall–Kier alpha value is -2.96. The van der Waals surface area contributed by atoms with Gasteiger partial charge in [-0.1, -0.05) is 24.3 Å². The number of hydrogen-bond acceptors (Lipinski definition) is 5. The molecule has 0 unspecified atom stereocenters. The number of morpholine rings is 1. The van der Waals surface area contributed by atoms with Gasteiger partial charge in [-0.2, -0.15) is 0 Å². The van der Waals surface area contributed by atoms with Gasteiger partial charge in [0.15, 0.2) is 5.78 Å². The molecule has 1 N–H and O–H groups in total. The van der Waals surface area contributed by atoms with Crippen molar-refractivity contribution >= 4 is 11.7 Å². The van der Waals surface area contributed by atoms with Crippen molar-refractivity contribution in [1.29, 1.82) is 0 Å². The third-order valence-corrected chi connectivity index (χ3v) is 9.35. The minimum atomic E-state index is -0.117. The largest absolute Gasteiger partial charge is 0.465 e. The maximum atomic E-state index is 12.6. The predicted octanol–water partition coefficient (Wildman–Crippen LogP) is 4.92. The van der Waals surface area contributed by atoms with Gasteiger partial charge in [0.25, 0.3) is 5.91 Å². The molecular formula is C33H40N2O4. The first-order chi connectivity index (χ1) is 19.0. The van der Waals surface area contributed by atoms with Crippen LogP contribution in [-0.4, -0.2) is 56.0 Å². The van der Waals surface area contributed by atoms with Crippen LogP contribution in [0.1, 0.15) is 60.0 Å². The van der Waals surface area contributed by atoms with Gasteiger partial charge >= 0.3 is 0 Å². The second-order valence-corrected chi connectivity index (χ2v) is 12.2. The summed E-state index contributed by atoms with van der Waals surface area (Å²) in [6.45, 7) is 4.69. The lowest BCUT2D eigenvalue weighted by molar-refractivity contribution is -0.114. The van der Waals surface area contributed by atoms with Crippen molar-refractivity contribution in [3.05, 3.63) is 77.6 Å². The number of allylic oxidation sites excluding steroid dienone is 1. The highest BCUT2D eigenvalue weighted by Gasteiger charge is 2.51. The molecule has 1 aliphatic heterocycles. The lowest BCUT2D eigenvalue weighted by atomic mass is 9.48. The number of ether oxygens (including phenoxy) is 2. The van der Waals surface area contributed by atoms with E-state index >= 15 is 0 Å². The molecule has 206 valence electrons. The summed E-state index contributed by atoms with van der Waals surface area (Å²) in [6.07, 6.45) is 11.6. The average molecular weight is 529 g/mol. The zero-order valence-electron chi connectivity index (χ0n) is 22.8. The number of hydrogen-bond donors (Lipinski definition) is 1. The number of carbonyl (C=O) groups excluding carboxylic acids is 2. The summed E-state index contributed by atoms with van der Waals surface area (Å²) in [5, 5.41) is 2.98. The molecule has 0 radical (unpaired) electrons. The van der Waals surface area contributed by atoms with E-state index in [1.807, 2.05) is 24.3 Å². The Balaban J connectivity index is 0.973. The molecule has 5 fully saturated rings. The molecule has 2 aromatic rings. The minimum absolute atomic E-state index is 0.0648. The van der Waals surface area contributed by atoms with Crippen LogP contribution in [0.4, 0.5) is 0 Å². The summed E-state index contributed by atoms with van der Waals surface area (Å²) in [5.74, 6) is 3.35. The molecule has 4 aliphatic carbocycles. The highest BCUT2D eigenvalue weighted by molar-refractivity contribution is 5.95. The van der Waals surface area contributed by atoms with Crippen LogP contribution in [0.5, 0.6) is 5.75 Å². The topological polar surface area (TPSA) is 67.9 Å². The monoisotopic (exact) mass is 528 g/mol. The Kier molecular flexibility index (Phi) is 7.85. The molecule has 4 bridgehead atoms. The highest BCUT2D eigenvalue weighted by atomic mass is 16.5. The third-order valence-electron chi connectivity index (χ3n) is 9.35. The van der Waals surface area contributed by atoms with E-state index in [-0.39, 0.29) is 18.1 Å². The first kappa shape index (κ1) is 26.3. The zero-order chi connectivity index (χ0) is 26.7. The van der Waals surface area contributed by atoms with Gasteiger partial charge in [-0.05, 0) is 97.1 Å². The van der Waals surface area contributed by atoms with Gasteiger partial charge in [-0.15, -0.1) is 0 Å². The second kappa shape index (κ2) is 11.6. The van der Waals surface area contributed by atoms with Crippen LogP contribution in [0.2, 0.25) is 0 Å². The van der Waals surface area contributed by atoms with Crippen LogP contribution in [0, 0.1) is 17.8 Å². The Morgan fingerprint density at radius 2 is 1.67 bits per heavy atom. The van der Waals surface area contributed by atoms with Crippen LogP contribution >= 0.6 is 0 Å². The molecule has 5 aliphatic rings. The van der Waals surface area contributed by atoms with Crippen molar-refractivity contribution in [2.45, 2.75) is 50.4 Å². The fourth-order valence-corrected chi connectivity index (χ4v) is 7.88. The van der Waals surface area contributed by atoms with Crippen LogP contribution in [0.15, 0.2) is 60.9 Å². The molecule has 2 aromatic carbocycles. The standard InChI is InChI=1S/C33H40N2O4/c36-30(20-24-2-1-3-28(19-24)32(37)34-9-10-35-11-14-38-15-12-35)8-13-39-31-6-4-29(5-7-31)33-21-25-16-26(22-33)18-27(17-25)23-33/h1-8,13,19,25-27H,9-12,14-18,20-23H2,(H,34,37)/b13-8+. The van der Waals surface area contributed by atoms with Gasteiger partial charge in [0.1, 0.15) is 5.75 Å². The molecule has 1 heterocycles. The Labute approximate surface area is 231 Å². The molecule has 0 spiro atoms. The number of rotatable bonds is 10. The van der Waals surface area contributed by atoms with Crippen LogP contribution in [0.25, 0.3) is 0 Å². The first-order valence-corrected chi connectivity index (χ1v) is 14.7. The van der Waals surface area contributed by atoms with Gasteiger partial charge in [0.05, 0.1) is 19.5 Å².